The number of aryl methyl sites for hydroxylation is 1. The maximum Gasteiger partial charge on any atom is 0.575 e. The zero-order valence-electron chi connectivity index (χ0n) is 7.50. The van der Waals surface area contributed by atoms with Crippen LogP contribution in [0.4, 0.5) is 13.2 Å². The van der Waals surface area contributed by atoms with Gasteiger partial charge in [-0.3, -0.25) is 0 Å². The Labute approximate surface area is 76.7 Å². The Kier molecular flexibility index (Phi) is 2.54. The highest BCUT2D eigenvalue weighted by atomic mass is 19.4. The Hall–Kier alpha value is -1.47. The maximum atomic E-state index is 11.8. The molecule has 1 aromatic rings. The smallest absolute Gasteiger partial charge is 0.371 e. The van der Waals surface area contributed by atoms with Gasteiger partial charge in [-0.15, -0.1) is 18.3 Å². The van der Waals surface area contributed by atoms with Crippen molar-refractivity contribution >= 4 is 0 Å². The molecule has 14 heavy (non-hydrogen) atoms. The molecule has 0 aliphatic rings. The highest BCUT2D eigenvalue weighted by Gasteiger charge is 2.34. The summed E-state index contributed by atoms with van der Waals surface area (Å²) in [5, 5.41) is 3.29. The second kappa shape index (κ2) is 3.35. The second-order valence-electron chi connectivity index (χ2n) is 2.48. The minimum atomic E-state index is -4.84. The number of hydrogen-bond acceptors (Lipinski definition) is 3. The molecule has 0 amide bonds. The monoisotopic (exact) mass is 211 g/mol. The van der Waals surface area contributed by atoms with Gasteiger partial charge in [-0.05, 0) is 6.92 Å². The van der Waals surface area contributed by atoms with Gasteiger partial charge in [-0.25, -0.2) is 14.0 Å². The Morgan fingerprint density at radius 1 is 1.50 bits per heavy atom. The molecule has 1 aromatic heterocycles. The van der Waals surface area contributed by atoms with E-state index < -0.39 is 18.1 Å². The Morgan fingerprint density at radius 3 is 2.50 bits per heavy atom. The molecular formula is C6H8F3N3O2. The fraction of sp³-hybridized carbons (Fsp3) is 0.667. The van der Waals surface area contributed by atoms with Crippen molar-refractivity contribution in [3.05, 3.63) is 10.5 Å². The van der Waals surface area contributed by atoms with E-state index in [1.165, 1.54) is 14.0 Å². The van der Waals surface area contributed by atoms with Gasteiger partial charge >= 0.3 is 18.1 Å². The summed E-state index contributed by atoms with van der Waals surface area (Å²) < 4.78 is 40.6. The summed E-state index contributed by atoms with van der Waals surface area (Å²) in [5.74, 6) is 0. The average Bonchev–Trinajstić information content (AvgIpc) is 2.24. The van der Waals surface area contributed by atoms with Crippen LogP contribution in [0.25, 0.3) is 0 Å². The van der Waals surface area contributed by atoms with Crippen molar-refractivity contribution < 1.29 is 17.9 Å². The first-order chi connectivity index (χ1) is 6.35. The van der Waals surface area contributed by atoms with Gasteiger partial charge in [0.15, 0.2) is 0 Å². The van der Waals surface area contributed by atoms with E-state index >= 15 is 0 Å². The van der Waals surface area contributed by atoms with Gasteiger partial charge in [-0.1, -0.05) is 0 Å². The molecule has 8 heteroatoms. The van der Waals surface area contributed by atoms with E-state index in [0.717, 1.165) is 9.25 Å². The van der Waals surface area contributed by atoms with Gasteiger partial charge in [0.25, 0.3) is 0 Å². The number of hydrogen-bond donors (Lipinski definition) is 0. The van der Waals surface area contributed by atoms with E-state index in [9.17, 15) is 18.0 Å². The van der Waals surface area contributed by atoms with Crippen LogP contribution in [0.3, 0.4) is 0 Å². The van der Waals surface area contributed by atoms with E-state index in [0.29, 0.717) is 0 Å². The van der Waals surface area contributed by atoms with Gasteiger partial charge in [0.1, 0.15) is 0 Å². The second-order valence-corrected chi connectivity index (χ2v) is 2.48. The number of ether oxygens (including phenoxy) is 1. The fourth-order valence-electron chi connectivity index (χ4n) is 0.931. The molecule has 0 aliphatic carbocycles. The van der Waals surface area contributed by atoms with Crippen molar-refractivity contribution in [2.45, 2.75) is 19.8 Å². The zero-order chi connectivity index (χ0) is 10.9. The topological polar surface area (TPSA) is 49.0 Å². The molecule has 0 saturated heterocycles. The molecule has 0 spiro atoms. The Bertz CT molecular complexity index is 379. The normalized spacial score (nSPS) is 11.8. The van der Waals surface area contributed by atoms with E-state index in [2.05, 4.69) is 9.84 Å². The number of rotatable bonds is 2. The van der Waals surface area contributed by atoms with Crippen molar-refractivity contribution in [1.82, 2.24) is 14.3 Å². The van der Waals surface area contributed by atoms with E-state index in [4.69, 9.17) is 0 Å². The van der Waals surface area contributed by atoms with Crippen molar-refractivity contribution in [1.29, 1.82) is 0 Å². The van der Waals surface area contributed by atoms with Gasteiger partial charge in [0, 0.05) is 13.6 Å². The van der Waals surface area contributed by atoms with E-state index in [1.807, 2.05) is 0 Å². The summed E-state index contributed by atoms with van der Waals surface area (Å²) in [5.41, 5.74) is -0.647. The average molecular weight is 211 g/mol. The van der Waals surface area contributed by atoms with Crippen LogP contribution in [-0.2, 0) is 13.6 Å². The van der Waals surface area contributed by atoms with Gasteiger partial charge in [0.2, 0.25) is 0 Å². The standard InChI is InChI=1S/C6H8F3N3O2/c1-3-12-4(14-6(7,8)9)10-11(2)5(12)13/h3H2,1-2H3. The lowest BCUT2D eigenvalue weighted by molar-refractivity contribution is -0.278. The summed E-state index contributed by atoms with van der Waals surface area (Å²) in [7, 11) is 1.25. The minimum absolute atomic E-state index is 0.0675. The van der Waals surface area contributed by atoms with Crippen LogP contribution < -0.4 is 10.4 Å². The summed E-state index contributed by atoms with van der Waals surface area (Å²) in [6.07, 6.45) is -4.84. The summed E-state index contributed by atoms with van der Waals surface area (Å²) in [4.78, 5) is 11.1. The van der Waals surface area contributed by atoms with Gasteiger partial charge in [-0.2, -0.15) is 0 Å². The van der Waals surface area contributed by atoms with Crippen molar-refractivity contribution in [2.24, 2.45) is 7.05 Å². The van der Waals surface area contributed by atoms with Crippen molar-refractivity contribution in [3.8, 4) is 6.01 Å². The predicted octanol–water partition coefficient (Wildman–Crippen LogP) is 0.500. The molecule has 0 bridgehead atoms. The number of nitrogens with zero attached hydrogens (tertiary/aromatic N) is 3. The minimum Gasteiger partial charge on any atom is -0.371 e. The third-order valence-corrected chi connectivity index (χ3v) is 1.50. The van der Waals surface area contributed by atoms with Crippen LogP contribution in [-0.4, -0.2) is 20.7 Å². The molecule has 1 heterocycles. The van der Waals surface area contributed by atoms with Crippen LogP contribution in [0, 0.1) is 0 Å². The maximum absolute atomic E-state index is 11.8. The van der Waals surface area contributed by atoms with Crippen LogP contribution in [0.2, 0.25) is 0 Å². The third kappa shape index (κ3) is 2.06. The molecule has 0 radical (unpaired) electrons. The van der Waals surface area contributed by atoms with Crippen LogP contribution in [0.15, 0.2) is 4.79 Å². The first-order valence-corrected chi connectivity index (χ1v) is 3.74. The summed E-state index contributed by atoms with van der Waals surface area (Å²) >= 11 is 0. The van der Waals surface area contributed by atoms with Crippen LogP contribution in [0.1, 0.15) is 6.92 Å². The molecule has 0 aromatic carbocycles. The Balaban J connectivity index is 3.09. The van der Waals surface area contributed by atoms with Crippen LogP contribution >= 0.6 is 0 Å². The highest BCUT2D eigenvalue weighted by molar-refractivity contribution is 4.93. The lowest BCUT2D eigenvalue weighted by atomic mass is 10.7. The molecule has 1 rings (SSSR count). The molecule has 5 nitrogen and oxygen atoms in total. The zero-order valence-corrected chi connectivity index (χ0v) is 7.50. The van der Waals surface area contributed by atoms with E-state index in [-0.39, 0.29) is 6.54 Å². The number of alkyl halides is 3. The molecule has 0 unspecified atom stereocenters. The quantitative estimate of drug-likeness (QED) is 0.715. The number of halogens is 3. The molecular weight excluding hydrogens is 203 g/mol. The van der Waals surface area contributed by atoms with E-state index in [1.54, 1.807) is 0 Å². The van der Waals surface area contributed by atoms with Gasteiger partial charge < -0.3 is 4.74 Å². The molecule has 0 fully saturated rings. The third-order valence-electron chi connectivity index (χ3n) is 1.50. The van der Waals surface area contributed by atoms with Crippen molar-refractivity contribution in [2.75, 3.05) is 0 Å². The fourth-order valence-corrected chi connectivity index (χ4v) is 0.931. The first-order valence-electron chi connectivity index (χ1n) is 3.74. The van der Waals surface area contributed by atoms with Crippen molar-refractivity contribution in [3.63, 3.8) is 0 Å². The predicted molar refractivity (Wildman–Crippen MR) is 39.8 cm³/mol. The molecule has 0 saturated carbocycles. The highest BCUT2D eigenvalue weighted by Crippen LogP contribution is 2.19. The lowest BCUT2D eigenvalue weighted by Crippen LogP contribution is -2.24. The first kappa shape index (κ1) is 10.6. The molecule has 0 atom stereocenters. The summed E-state index contributed by atoms with van der Waals surface area (Å²) in [6.45, 7) is 1.59. The van der Waals surface area contributed by atoms with Gasteiger partial charge in [0.05, 0.1) is 0 Å². The molecule has 80 valence electrons. The summed E-state index contributed by atoms with van der Waals surface area (Å²) in [6, 6.07) is -0.743. The molecule has 0 N–H and O–H groups in total. The SMILES string of the molecule is CCn1c(OC(F)(F)F)nn(C)c1=O. The van der Waals surface area contributed by atoms with Crippen LogP contribution in [0.5, 0.6) is 6.01 Å². The lowest BCUT2D eigenvalue weighted by Gasteiger charge is -2.06. The number of aromatic nitrogens is 3. The largest absolute Gasteiger partial charge is 0.575 e. The Morgan fingerprint density at radius 2 is 2.07 bits per heavy atom. The molecule has 0 aliphatic heterocycles.